The molecule has 0 spiro atoms. The van der Waals surface area contributed by atoms with Crippen molar-refractivity contribution in [3.05, 3.63) is 65.1 Å². The van der Waals surface area contributed by atoms with Crippen molar-refractivity contribution in [1.82, 2.24) is 0 Å². The van der Waals surface area contributed by atoms with Crippen LogP contribution in [0.2, 0.25) is 0 Å². The maximum absolute atomic E-state index is 13.3. The number of carbonyl (C=O) groups excluding carboxylic acids is 2. The second-order valence-corrected chi connectivity index (χ2v) is 6.03. The van der Waals surface area contributed by atoms with Crippen molar-refractivity contribution >= 4 is 23.1 Å². The molecule has 2 N–H and O–H groups in total. The van der Waals surface area contributed by atoms with E-state index in [1.807, 2.05) is 0 Å². The molecule has 0 aliphatic heterocycles. The van der Waals surface area contributed by atoms with Crippen LogP contribution in [0.1, 0.15) is 30.1 Å². The molecule has 26 heavy (non-hydrogen) atoms. The van der Waals surface area contributed by atoms with Gasteiger partial charge in [-0.05, 0) is 43.7 Å². The zero-order valence-corrected chi connectivity index (χ0v) is 14.6. The first kappa shape index (κ1) is 17.7. The number of halogens is 1. The van der Waals surface area contributed by atoms with Gasteiger partial charge >= 0.3 is 0 Å². The monoisotopic (exact) mass is 354 g/mol. The number of carbonyl (C=O) groups is 2. The molecule has 1 amide bonds. The van der Waals surface area contributed by atoms with Crippen LogP contribution in [0, 0.1) is 5.82 Å². The Morgan fingerprint density at radius 1 is 1.12 bits per heavy atom. The molecule has 0 saturated heterocycles. The highest BCUT2D eigenvalue weighted by molar-refractivity contribution is 6.06. The summed E-state index contributed by atoms with van der Waals surface area (Å²) in [5.41, 5.74) is 3.04. The number of allylic oxidation sites excluding steroid dienone is 2. The van der Waals surface area contributed by atoms with E-state index >= 15 is 0 Å². The van der Waals surface area contributed by atoms with E-state index in [0.717, 1.165) is 17.0 Å². The molecule has 3 rings (SSSR count). The third-order valence-electron chi connectivity index (χ3n) is 4.30. The minimum Gasteiger partial charge on any atom is -0.496 e. The van der Waals surface area contributed by atoms with Crippen molar-refractivity contribution in [2.45, 2.75) is 19.8 Å². The van der Waals surface area contributed by atoms with Crippen molar-refractivity contribution in [3.63, 3.8) is 0 Å². The van der Waals surface area contributed by atoms with E-state index < -0.39 is 11.7 Å². The molecule has 134 valence electrons. The van der Waals surface area contributed by atoms with Crippen molar-refractivity contribution in [3.8, 4) is 5.75 Å². The Bertz CT molecular complexity index is 906. The van der Waals surface area contributed by atoms with Gasteiger partial charge in [-0.2, -0.15) is 0 Å². The number of amides is 1. The predicted octanol–water partition coefficient (Wildman–Crippen LogP) is 4.14. The highest BCUT2D eigenvalue weighted by atomic mass is 19.1. The molecule has 1 aliphatic carbocycles. The van der Waals surface area contributed by atoms with Crippen LogP contribution in [0.25, 0.3) is 0 Å². The minimum atomic E-state index is -0.427. The van der Waals surface area contributed by atoms with Gasteiger partial charge in [-0.3, -0.25) is 9.59 Å². The summed E-state index contributed by atoms with van der Waals surface area (Å²) in [6, 6.07) is 10.7. The fourth-order valence-corrected chi connectivity index (χ4v) is 2.83. The first-order valence-electron chi connectivity index (χ1n) is 8.23. The Morgan fingerprint density at radius 2 is 1.92 bits per heavy atom. The summed E-state index contributed by atoms with van der Waals surface area (Å²) in [5.74, 6) is -0.299. The Labute approximate surface area is 150 Å². The lowest BCUT2D eigenvalue weighted by Crippen LogP contribution is -2.13. The minimum absolute atomic E-state index is 0.144. The highest BCUT2D eigenvalue weighted by Gasteiger charge is 2.20. The normalized spacial score (nSPS) is 13.7. The molecule has 2 aromatic carbocycles. The van der Waals surface area contributed by atoms with Crippen molar-refractivity contribution in [2.24, 2.45) is 0 Å². The summed E-state index contributed by atoms with van der Waals surface area (Å²) in [6.45, 7) is 1.80. The molecule has 1 aliphatic rings. The molecule has 2 aromatic rings. The van der Waals surface area contributed by atoms with Crippen molar-refractivity contribution in [2.75, 3.05) is 17.7 Å². The van der Waals surface area contributed by atoms with Crippen molar-refractivity contribution < 1.29 is 18.7 Å². The predicted molar refractivity (Wildman–Crippen MR) is 97.9 cm³/mol. The van der Waals surface area contributed by atoms with E-state index in [0.29, 0.717) is 29.8 Å². The quantitative estimate of drug-likeness (QED) is 0.847. The standard InChI is InChI=1S/C20H19FN2O3/c1-12-17(8-9-18(12)24)22-15-6-7-16(19(11-15)26-2)20(25)23-14-5-3-4-13(21)10-14/h3-7,10-11,22H,8-9H2,1-2H3,(H,23,25). The number of benzene rings is 2. The van der Waals surface area contributed by atoms with E-state index in [1.54, 1.807) is 31.2 Å². The number of nitrogens with one attached hydrogen (secondary N) is 2. The molecule has 0 aromatic heterocycles. The smallest absolute Gasteiger partial charge is 0.259 e. The molecule has 0 heterocycles. The summed E-state index contributed by atoms with van der Waals surface area (Å²) >= 11 is 0. The Kier molecular flexibility index (Phi) is 5.02. The lowest BCUT2D eigenvalue weighted by molar-refractivity contribution is -0.114. The van der Waals surface area contributed by atoms with Gasteiger partial charge in [-0.25, -0.2) is 4.39 Å². The number of methoxy groups -OCH3 is 1. The molecule has 0 bridgehead atoms. The molecular weight excluding hydrogens is 335 g/mol. The van der Waals surface area contributed by atoms with Gasteiger partial charge in [0.25, 0.3) is 5.91 Å². The van der Waals surface area contributed by atoms with Gasteiger partial charge in [-0.15, -0.1) is 0 Å². The van der Waals surface area contributed by atoms with Crippen LogP contribution in [-0.4, -0.2) is 18.8 Å². The second-order valence-electron chi connectivity index (χ2n) is 6.03. The summed E-state index contributed by atoms with van der Waals surface area (Å²) < 4.78 is 18.6. The highest BCUT2D eigenvalue weighted by Crippen LogP contribution is 2.28. The largest absolute Gasteiger partial charge is 0.496 e. The summed E-state index contributed by atoms with van der Waals surface area (Å²) in [5, 5.41) is 5.86. The Hall–Kier alpha value is -3.15. The van der Waals surface area contributed by atoms with E-state index in [4.69, 9.17) is 4.74 Å². The van der Waals surface area contributed by atoms with Crippen LogP contribution in [0.4, 0.5) is 15.8 Å². The third-order valence-corrected chi connectivity index (χ3v) is 4.30. The molecule has 6 heteroatoms. The molecule has 5 nitrogen and oxygen atoms in total. The Morgan fingerprint density at radius 3 is 2.58 bits per heavy atom. The number of Topliss-reactive ketones (excluding diaryl/α,β-unsaturated/α-hetero) is 1. The lowest BCUT2D eigenvalue weighted by Gasteiger charge is -2.13. The maximum Gasteiger partial charge on any atom is 0.259 e. The molecule has 0 fully saturated rings. The first-order valence-corrected chi connectivity index (χ1v) is 8.23. The molecule has 0 unspecified atom stereocenters. The zero-order valence-electron chi connectivity index (χ0n) is 14.6. The number of anilines is 2. The van der Waals surface area contributed by atoms with Gasteiger partial charge in [0.1, 0.15) is 11.6 Å². The summed E-state index contributed by atoms with van der Waals surface area (Å²) in [4.78, 5) is 24.1. The first-order chi connectivity index (χ1) is 12.5. The summed E-state index contributed by atoms with van der Waals surface area (Å²) in [7, 11) is 1.47. The van der Waals surface area contributed by atoms with Crippen LogP contribution < -0.4 is 15.4 Å². The number of rotatable bonds is 5. The molecule has 0 radical (unpaired) electrons. The molecular formula is C20H19FN2O3. The fourth-order valence-electron chi connectivity index (χ4n) is 2.83. The third kappa shape index (κ3) is 3.74. The topological polar surface area (TPSA) is 67.4 Å². The van der Waals surface area contributed by atoms with Gasteiger partial charge < -0.3 is 15.4 Å². The molecule has 0 atom stereocenters. The van der Waals surface area contributed by atoms with E-state index in [1.165, 1.54) is 25.3 Å². The average Bonchev–Trinajstić information content (AvgIpc) is 2.93. The van der Waals surface area contributed by atoms with E-state index in [2.05, 4.69) is 10.6 Å². The van der Waals surface area contributed by atoms with Crippen LogP contribution in [0.5, 0.6) is 5.75 Å². The van der Waals surface area contributed by atoms with Crippen LogP contribution in [0.3, 0.4) is 0 Å². The van der Waals surface area contributed by atoms with E-state index in [9.17, 15) is 14.0 Å². The SMILES string of the molecule is COc1cc(NC2=C(C)C(=O)CC2)ccc1C(=O)Nc1cccc(F)c1. The zero-order chi connectivity index (χ0) is 18.7. The average molecular weight is 354 g/mol. The van der Waals surface area contributed by atoms with Gasteiger partial charge in [-0.1, -0.05) is 6.07 Å². The van der Waals surface area contributed by atoms with E-state index in [-0.39, 0.29) is 5.78 Å². The van der Waals surface area contributed by atoms with Crippen molar-refractivity contribution in [1.29, 1.82) is 0 Å². The van der Waals surface area contributed by atoms with Gasteiger partial charge in [0, 0.05) is 35.1 Å². The second kappa shape index (κ2) is 7.39. The van der Waals surface area contributed by atoms with Gasteiger partial charge in [0.05, 0.1) is 12.7 Å². The lowest BCUT2D eigenvalue weighted by atomic mass is 10.1. The summed E-state index contributed by atoms with van der Waals surface area (Å²) in [6.07, 6.45) is 1.19. The van der Waals surface area contributed by atoms with Crippen LogP contribution in [-0.2, 0) is 4.79 Å². The van der Waals surface area contributed by atoms with Gasteiger partial charge in [0.15, 0.2) is 5.78 Å². The number of ether oxygens (including phenoxy) is 1. The van der Waals surface area contributed by atoms with Crippen LogP contribution in [0.15, 0.2) is 53.7 Å². The maximum atomic E-state index is 13.3. The number of hydrogen-bond acceptors (Lipinski definition) is 4. The number of ketones is 1. The number of hydrogen-bond donors (Lipinski definition) is 2. The van der Waals surface area contributed by atoms with Gasteiger partial charge in [0.2, 0.25) is 0 Å². The fraction of sp³-hybridized carbons (Fsp3) is 0.200. The Balaban J connectivity index is 1.80. The van der Waals surface area contributed by atoms with Crippen LogP contribution >= 0.6 is 0 Å². The molecule has 0 saturated carbocycles.